The second kappa shape index (κ2) is 8.62. The maximum atomic E-state index is 5.29. The lowest BCUT2D eigenvalue weighted by atomic mass is 10.1. The monoisotopic (exact) mass is 424 g/mol. The first-order valence-corrected chi connectivity index (χ1v) is 10.8. The number of ether oxygens (including phenoxy) is 1. The van der Waals surface area contributed by atoms with Gasteiger partial charge in [0.15, 0.2) is 10.8 Å². The van der Waals surface area contributed by atoms with Gasteiger partial charge in [0.05, 0.1) is 13.7 Å². The predicted molar refractivity (Wildman–Crippen MR) is 123 cm³/mol. The molecule has 5 aromatic rings. The molecule has 5 rings (SSSR count). The van der Waals surface area contributed by atoms with Crippen LogP contribution in [0.5, 0.6) is 5.75 Å². The smallest absolute Gasteiger partial charge is 0.175 e. The van der Waals surface area contributed by atoms with Gasteiger partial charge in [-0.1, -0.05) is 72.4 Å². The van der Waals surface area contributed by atoms with Crippen molar-refractivity contribution in [2.45, 2.75) is 16.6 Å². The molecule has 0 saturated heterocycles. The fourth-order valence-electron chi connectivity index (χ4n) is 3.46. The van der Waals surface area contributed by atoms with E-state index in [-0.39, 0.29) is 0 Å². The van der Waals surface area contributed by atoms with Gasteiger partial charge in [-0.3, -0.25) is 4.57 Å². The standard InChI is InChI=1S/C25H20N4OS/c1-30-20-12-14-21(15-13-20)31-25-28-23-22(19-10-6-3-7-11-19)26-17-27-24(23)29(25)16-18-8-4-2-5-9-18/h2-15,17H,16H2,1H3. The Morgan fingerprint density at radius 3 is 2.26 bits per heavy atom. The third-order valence-electron chi connectivity index (χ3n) is 5.00. The summed E-state index contributed by atoms with van der Waals surface area (Å²) in [5.41, 5.74) is 4.70. The molecule has 2 heterocycles. The van der Waals surface area contributed by atoms with Crippen LogP contribution in [0.15, 0.2) is 101 Å². The molecule has 152 valence electrons. The van der Waals surface area contributed by atoms with Gasteiger partial charge in [0, 0.05) is 10.5 Å². The minimum absolute atomic E-state index is 0.682. The van der Waals surface area contributed by atoms with Crippen LogP contribution < -0.4 is 4.74 Å². The molecule has 0 bridgehead atoms. The summed E-state index contributed by atoms with van der Waals surface area (Å²) in [6.45, 7) is 0.682. The number of rotatable bonds is 6. The number of imidazole rings is 1. The largest absolute Gasteiger partial charge is 0.497 e. The van der Waals surface area contributed by atoms with Crippen LogP contribution >= 0.6 is 11.8 Å². The lowest BCUT2D eigenvalue weighted by Crippen LogP contribution is -2.02. The van der Waals surface area contributed by atoms with Gasteiger partial charge in [-0.05, 0) is 29.8 Å². The molecule has 5 nitrogen and oxygen atoms in total. The van der Waals surface area contributed by atoms with Crippen LogP contribution in [-0.4, -0.2) is 26.6 Å². The molecule has 0 fully saturated rings. The Labute approximate surface area is 184 Å². The average Bonchev–Trinajstić information content (AvgIpc) is 3.17. The Balaban J connectivity index is 1.63. The molecule has 0 N–H and O–H groups in total. The molecule has 0 unspecified atom stereocenters. The van der Waals surface area contributed by atoms with Gasteiger partial charge >= 0.3 is 0 Å². The summed E-state index contributed by atoms with van der Waals surface area (Å²) >= 11 is 1.61. The lowest BCUT2D eigenvalue weighted by molar-refractivity contribution is 0.414. The van der Waals surface area contributed by atoms with Gasteiger partial charge in [0.2, 0.25) is 0 Å². The number of nitrogens with zero attached hydrogens (tertiary/aromatic N) is 4. The van der Waals surface area contributed by atoms with Crippen molar-refractivity contribution in [3.05, 3.63) is 96.8 Å². The summed E-state index contributed by atoms with van der Waals surface area (Å²) in [4.78, 5) is 15.2. The normalized spacial score (nSPS) is 11.0. The van der Waals surface area contributed by atoms with Crippen molar-refractivity contribution in [2.24, 2.45) is 0 Å². The van der Waals surface area contributed by atoms with E-state index in [9.17, 15) is 0 Å². The van der Waals surface area contributed by atoms with E-state index in [0.29, 0.717) is 6.54 Å². The highest BCUT2D eigenvalue weighted by molar-refractivity contribution is 7.99. The zero-order chi connectivity index (χ0) is 21.0. The number of hydrogen-bond donors (Lipinski definition) is 0. The van der Waals surface area contributed by atoms with Crippen LogP contribution in [0.3, 0.4) is 0 Å². The highest BCUT2D eigenvalue weighted by Crippen LogP contribution is 2.33. The average molecular weight is 425 g/mol. The molecule has 0 aliphatic rings. The molecule has 0 saturated carbocycles. The van der Waals surface area contributed by atoms with Gasteiger partial charge < -0.3 is 4.74 Å². The number of aromatic nitrogens is 4. The van der Waals surface area contributed by atoms with Gasteiger partial charge in [-0.15, -0.1) is 0 Å². The van der Waals surface area contributed by atoms with Crippen molar-refractivity contribution in [3.8, 4) is 17.0 Å². The quantitative estimate of drug-likeness (QED) is 0.350. The minimum atomic E-state index is 0.682. The van der Waals surface area contributed by atoms with E-state index in [1.54, 1.807) is 25.2 Å². The van der Waals surface area contributed by atoms with E-state index in [0.717, 1.165) is 38.2 Å². The fourth-order valence-corrected chi connectivity index (χ4v) is 4.34. The zero-order valence-electron chi connectivity index (χ0n) is 17.0. The number of benzene rings is 3. The Morgan fingerprint density at radius 2 is 1.55 bits per heavy atom. The summed E-state index contributed by atoms with van der Waals surface area (Å²) in [5.74, 6) is 0.833. The Morgan fingerprint density at radius 1 is 0.839 bits per heavy atom. The van der Waals surface area contributed by atoms with Crippen LogP contribution in [0.2, 0.25) is 0 Å². The maximum Gasteiger partial charge on any atom is 0.175 e. The molecule has 2 aromatic heterocycles. The SMILES string of the molecule is COc1ccc(Sc2nc3c(-c4ccccc4)ncnc3n2Cc2ccccc2)cc1. The lowest BCUT2D eigenvalue weighted by Gasteiger charge is -2.09. The van der Waals surface area contributed by atoms with E-state index < -0.39 is 0 Å². The first-order valence-electron chi connectivity index (χ1n) is 9.94. The van der Waals surface area contributed by atoms with Gasteiger partial charge in [0.25, 0.3) is 0 Å². The molecule has 3 aromatic carbocycles. The van der Waals surface area contributed by atoms with Crippen molar-refractivity contribution < 1.29 is 4.74 Å². The third-order valence-corrected chi connectivity index (χ3v) is 6.00. The van der Waals surface area contributed by atoms with E-state index in [1.807, 2.05) is 60.7 Å². The van der Waals surface area contributed by atoms with Crippen molar-refractivity contribution in [2.75, 3.05) is 7.11 Å². The number of fused-ring (bicyclic) bond motifs is 1. The van der Waals surface area contributed by atoms with Crippen LogP contribution in [-0.2, 0) is 6.54 Å². The second-order valence-electron chi connectivity index (χ2n) is 7.00. The molecule has 0 spiro atoms. The molecule has 0 atom stereocenters. The van der Waals surface area contributed by atoms with E-state index in [1.165, 1.54) is 5.56 Å². The maximum absolute atomic E-state index is 5.29. The third kappa shape index (κ3) is 4.02. The topological polar surface area (TPSA) is 52.8 Å². The van der Waals surface area contributed by atoms with E-state index in [4.69, 9.17) is 9.72 Å². The highest BCUT2D eigenvalue weighted by atomic mass is 32.2. The number of methoxy groups -OCH3 is 1. The summed E-state index contributed by atoms with van der Waals surface area (Å²) in [6.07, 6.45) is 1.62. The summed E-state index contributed by atoms with van der Waals surface area (Å²) in [6, 6.07) is 28.5. The van der Waals surface area contributed by atoms with E-state index >= 15 is 0 Å². The second-order valence-corrected chi connectivity index (χ2v) is 8.04. The fraction of sp³-hybridized carbons (Fsp3) is 0.0800. The van der Waals surface area contributed by atoms with Crippen molar-refractivity contribution in [1.29, 1.82) is 0 Å². The van der Waals surface area contributed by atoms with Crippen LogP contribution in [0, 0.1) is 0 Å². The van der Waals surface area contributed by atoms with Crippen LogP contribution in [0.1, 0.15) is 5.56 Å². The summed E-state index contributed by atoms with van der Waals surface area (Å²) in [7, 11) is 1.67. The molecule has 0 radical (unpaired) electrons. The molecule has 0 aliphatic carbocycles. The first kappa shape index (κ1) is 19.3. The van der Waals surface area contributed by atoms with E-state index in [2.05, 4.69) is 38.8 Å². The van der Waals surface area contributed by atoms with Crippen LogP contribution in [0.25, 0.3) is 22.4 Å². The van der Waals surface area contributed by atoms with Gasteiger partial charge in [-0.25, -0.2) is 15.0 Å². The van der Waals surface area contributed by atoms with Crippen molar-refractivity contribution in [1.82, 2.24) is 19.5 Å². The van der Waals surface area contributed by atoms with Gasteiger partial charge in [-0.2, -0.15) is 0 Å². The zero-order valence-corrected chi connectivity index (χ0v) is 17.8. The predicted octanol–water partition coefficient (Wildman–Crippen LogP) is 5.70. The summed E-state index contributed by atoms with van der Waals surface area (Å²) < 4.78 is 7.45. The number of hydrogen-bond acceptors (Lipinski definition) is 5. The molecular weight excluding hydrogens is 404 g/mol. The molecule has 0 amide bonds. The first-order chi connectivity index (χ1) is 15.3. The highest BCUT2D eigenvalue weighted by Gasteiger charge is 2.18. The molecule has 6 heteroatoms. The van der Waals surface area contributed by atoms with Crippen LogP contribution in [0.4, 0.5) is 0 Å². The Kier molecular flexibility index (Phi) is 5.37. The molecule has 31 heavy (non-hydrogen) atoms. The Hall–Kier alpha value is -3.64. The molecular formula is C25H20N4OS. The summed E-state index contributed by atoms with van der Waals surface area (Å²) in [5, 5.41) is 0.877. The van der Waals surface area contributed by atoms with Crippen molar-refractivity contribution >= 4 is 22.9 Å². The minimum Gasteiger partial charge on any atom is -0.497 e. The van der Waals surface area contributed by atoms with Gasteiger partial charge in [0.1, 0.15) is 23.3 Å². The Bertz CT molecular complexity index is 1300. The van der Waals surface area contributed by atoms with Crippen molar-refractivity contribution in [3.63, 3.8) is 0 Å². The molecule has 0 aliphatic heterocycles.